The molecule has 11 heavy (non-hydrogen) atoms. The molecule has 0 radical (unpaired) electrons. The molecule has 0 fully saturated rings. The van der Waals surface area contributed by atoms with E-state index in [9.17, 15) is 4.79 Å². The Bertz CT molecular complexity index is 272. The second-order valence-electron chi connectivity index (χ2n) is 2.19. The van der Waals surface area contributed by atoms with Crippen LogP contribution in [0.25, 0.3) is 5.70 Å². The smallest absolute Gasteiger partial charge is 0.154 e. The quantitative estimate of drug-likeness (QED) is 0.645. The van der Waals surface area contributed by atoms with Crippen LogP contribution in [0.3, 0.4) is 0 Å². The molecule has 0 aliphatic heterocycles. The maximum absolute atomic E-state index is 10.6. The Labute approximate surface area is 64.5 Å². The highest BCUT2D eigenvalue weighted by molar-refractivity contribution is 5.93. The molecular formula is C8H9NO2. The zero-order valence-corrected chi connectivity index (χ0v) is 6.20. The summed E-state index contributed by atoms with van der Waals surface area (Å²) >= 11 is 0. The summed E-state index contributed by atoms with van der Waals surface area (Å²) in [5.74, 6) is 0.444. The van der Waals surface area contributed by atoms with E-state index in [1.54, 1.807) is 12.1 Å². The molecule has 3 nitrogen and oxygen atoms in total. The molecule has 0 saturated carbocycles. The Kier molecular flexibility index (Phi) is 2.11. The van der Waals surface area contributed by atoms with Crippen molar-refractivity contribution in [1.29, 1.82) is 0 Å². The van der Waals surface area contributed by atoms with E-state index in [0.717, 1.165) is 0 Å². The number of rotatable bonds is 2. The summed E-state index contributed by atoms with van der Waals surface area (Å²) in [4.78, 5) is 10.6. The summed E-state index contributed by atoms with van der Waals surface area (Å²) < 4.78 is 4.95. The topological polar surface area (TPSA) is 56.2 Å². The predicted octanol–water partition coefficient (Wildman–Crippen LogP) is 1.17. The van der Waals surface area contributed by atoms with Crippen molar-refractivity contribution in [2.75, 3.05) is 0 Å². The first-order valence-corrected chi connectivity index (χ1v) is 3.22. The van der Waals surface area contributed by atoms with E-state index < -0.39 is 0 Å². The normalized spacial score (nSPS) is 11.5. The van der Waals surface area contributed by atoms with Gasteiger partial charge >= 0.3 is 0 Å². The van der Waals surface area contributed by atoms with Crippen LogP contribution in [0.15, 0.2) is 28.9 Å². The number of furan rings is 1. The van der Waals surface area contributed by atoms with Crippen LogP contribution in [0.5, 0.6) is 0 Å². The number of carbonyl (C=O) groups is 1. The van der Waals surface area contributed by atoms with Crippen LogP contribution < -0.4 is 5.73 Å². The van der Waals surface area contributed by atoms with Gasteiger partial charge in [0.25, 0.3) is 0 Å². The highest BCUT2D eigenvalue weighted by atomic mass is 16.3. The Morgan fingerprint density at radius 2 is 2.45 bits per heavy atom. The van der Waals surface area contributed by atoms with Crippen molar-refractivity contribution in [1.82, 2.24) is 0 Å². The van der Waals surface area contributed by atoms with Gasteiger partial charge in [-0.05, 0) is 19.1 Å². The molecule has 58 valence electrons. The minimum Gasteiger partial charge on any atom is -0.463 e. The third-order valence-electron chi connectivity index (χ3n) is 1.16. The average Bonchev–Trinajstić information content (AvgIpc) is 2.35. The molecule has 0 bridgehead atoms. The maximum atomic E-state index is 10.6. The highest BCUT2D eigenvalue weighted by Crippen LogP contribution is 2.08. The lowest BCUT2D eigenvalue weighted by Crippen LogP contribution is -1.97. The summed E-state index contributed by atoms with van der Waals surface area (Å²) in [6, 6.07) is 3.42. The minimum atomic E-state index is -0.0844. The molecule has 0 aromatic carbocycles. The molecule has 1 heterocycles. The zero-order valence-electron chi connectivity index (χ0n) is 6.20. The van der Waals surface area contributed by atoms with Crippen LogP contribution in [-0.4, -0.2) is 5.78 Å². The molecule has 0 aliphatic carbocycles. The van der Waals surface area contributed by atoms with Crippen molar-refractivity contribution in [3.8, 4) is 0 Å². The van der Waals surface area contributed by atoms with E-state index in [2.05, 4.69) is 0 Å². The SMILES string of the molecule is CC(=O)/C=C(\N)c1ccco1. The lowest BCUT2D eigenvalue weighted by atomic mass is 10.3. The van der Waals surface area contributed by atoms with Gasteiger partial charge in [0.1, 0.15) is 5.76 Å². The first kappa shape index (κ1) is 7.60. The fourth-order valence-electron chi connectivity index (χ4n) is 0.733. The molecular weight excluding hydrogens is 142 g/mol. The lowest BCUT2D eigenvalue weighted by molar-refractivity contribution is -0.112. The second-order valence-corrected chi connectivity index (χ2v) is 2.19. The molecule has 1 aromatic heterocycles. The van der Waals surface area contributed by atoms with Gasteiger partial charge in [-0.25, -0.2) is 0 Å². The van der Waals surface area contributed by atoms with Gasteiger partial charge in [0.05, 0.1) is 12.0 Å². The van der Waals surface area contributed by atoms with E-state index in [4.69, 9.17) is 10.2 Å². The molecule has 3 heteroatoms. The molecule has 0 atom stereocenters. The van der Waals surface area contributed by atoms with Gasteiger partial charge in [-0.1, -0.05) is 0 Å². The summed E-state index contributed by atoms with van der Waals surface area (Å²) in [6.07, 6.45) is 2.84. The van der Waals surface area contributed by atoms with Crippen molar-refractivity contribution in [2.24, 2.45) is 5.73 Å². The highest BCUT2D eigenvalue weighted by Gasteiger charge is 1.98. The van der Waals surface area contributed by atoms with Crippen molar-refractivity contribution in [3.05, 3.63) is 30.2 Å². The Morgan fingerprint density at radius 3 is 2.91 bits per heavy atom. The number of hydrogen-bond donors (Lipinski definition) is 1. The van der Waals surface area contributed by atoms with Gasteiger partial charge in [-0.3, -0.25) is 4.79 Å². The number of hydrogen-bond acceptors (Lipinski definition) is 3. The van der Waals surface area contributed by atoms with Crippen molar-refractivity contribution in [3.63, 3.8) is 0 Å². The maximum Gasteiger partial charge on any atom is 0.154 e. The van der Waals surface area contributed by atoms with E-state index in [1.807, 2.05) is 0 Å². The van der Waals surface area contributed by atoms with Gasteiger partial charge in [0.2, 0.25) is 0 Å². The Balaban J connectivity index is 2.86. The summed E-state index contributed by atoms with van der Waals surface area (Å²) in [6.45, 7) is 1.44. The monoisotopic (exact) mass is 151 g/mol. The Morgan fingerprint density at radius 1 is 1.73 bits per heavy atom. The summed E-state index contributed by atoms with van der Waals surface area (Å²) in [5, 5.41) is 0. The van der Waals surface area contributed by atoms with Crippen molar-refractivity contribution < 1.29 is 9.21 Å². The summed E-state index contributed by atoms with van der Waals surface area (Å²) in [7, 11) is 0. The van der Waals surface area contributed by atoms with Crippen LogP contribution in [0.4, 0.5) is 0 Å². The fraction of sp³-hybridized carbons (Fsp3) is 0.125. The van der Waals surface area contributed by atoms with Crippen molar-refractivity contribution >= 4 is 11.5 Å². The largest absolute Gasteiger partial charge is 0.463 e. The molecule has 1 aromatic rings. The van der Waals surface area contributed by atoms with E-state index in [1.165, 1.54) is 19.3 Å². The van der Waals surface area contributed by atoms with Crippen LogP contribution in [0.2, 0.25) is 0 Å². The van der Waals surface area contributed by atoms with Gasteiger partial charge in [-0.15, -0.1) is 0 Å². The van der Waals surface area contributed by atoms with Gasteiger partial charge in [0, 0.05) is 6.08 Å². The van der Waals surface area contributed by atoms with Gasteiger partial charge in [-0.2, -0.15) is 0 Å². The molecule has 0 aliphatic rings. The van der Waals surface area contributed by atoms with E-state index >= 15 is 0 Å². The third-order valence-corrected chi connectivity index (χ3v) is 1.16. The first-order valence-electron chi connectivity index (χ1n) is 3.22. The average molecular weight is 151 g/mol. The minimum absolute atomic E-state index is 0.0844. The van der Waals surface area contributed by atoms with E-state index in [-0.39, 0.29) is 5.78 Å². The molecule has 2 N–H and O–H groups in total. The number of ketones is 1. The molecule has 1 rings (SSSR count). The molecule has 0 amide bonds. The predicted molar refractivity (Wildman–Crippen MR) is 41.6 cm³/mol. The third kappa shape index (κ3) is 1.97. The second kappa shape index (κ2) is 3.05. The van der Waals surface area contributed by atoms with Crippen LogP contribution >= 0.6 is 0 Å². The molecule has 0 saturated heterocycles. The zero-order chi connectivity index (χ0) is 8.27. The van der Waals surface area contributed by atoms with Gasteiger partial charge in [0.15, 0.2) is 5.78 Å². The van der Waals surface area contributed by atoms with Crippen LogP contribution in [-0.2, 0) is 4.79 Å². The lowest BCUT2D eigenvalue weighted by Gasteiger charge is -1.92. The number of carbonyl (C=O) groups excluding carboxylic acids is 1. The molecule has 0 unspecified atom stereocenters. The molecule has 0 spiro atoms. The van der Waals surface area contributed by atoms with Crippen LogP contribution in [0, 0.1) is 0 Å². The number of nitrogens with two attached hydrogens (primary N) is 1. The van der Waals surface area contributed by atoms with Gasteiger partial charge < -0.3 is 10.2 Å². The van der Waals surface area contributed by atoms with E-state index in [0.29, 0.717) is 11.5 Å². The Hall–Kier alpha value is -1.51. The van der Waals surface area contributed by atoms with Crippen molar-refractivity contribution in [2.45, 2.75) is 6.92 Å². The summed E-state index contributed by atoms with van der Waals surface area (Å²) in [5.41, 5.74) is 5.85. The number of allylic oxidation sites excluding steroid dienone is 1. The standard InChI is InChI=1S/C8H9NO2/c1-6(10)5-7(9)8-3-2-4-11-8/h2-5H,9H2,1H3/b7-5-. The van der Waals surface area contributed by atoms with Crippen LogP contribution in [0.1, 0.15) is 12.7 Å². The first-order chi connectivity index (χ1) is 5.20. The fourth-order valence-corrected chi connectivity index (χ4v) is 0.733.